The van der Waals surface area contributed by atoms with Gasteiger partial charge in [0.05, 0.1) is 17.2 Å². The molecule has 0 saturated carbocycles. The van der Waals surface area contributed by atoms with Crippen LogP contribution in [0.2, 0.25) is 0 Å². The summed E-state index contributed by atoms with van der Waals surface area (Å²) >= 11 is 0. The summed E-state index contributed by atoms with van der Waals surface area (Å²) in [5.74, 6) is 1.56. The lowest BCUT2D eigenvalue weighted by molar-refractivity contribution is -0.144. The zero-order chi connectivity index (χ0) is 26.0. The number of ether oxygens (including phenoxy) is 1. The van der Waals surface area contributed by atoms with Crippen molar-refractivity contribution in [3.63, 3.8) is 0 Å². The van der Waals surface area contributed by atoms with E-state index < -0.39 is 5.41 Å². The molecular formula is C31H28N4O3. The summed E-state index contributed by atoms with van der Waals surface area (Å²) in [6.07, 6.45) is 2.95. The Labute approximate surface area is 221 Å². The number of aromatic nitrogens is 1. The fourth-order valence-electron chi connectivity index (χ4n) is 5.49. The summed E-state index contributed by atoms with van der Waals surface area (Å²) in [7, 11) is 0. The van der Waals surface area contributed by atoms with Gasteiger partial charge in [0.2, 0.25) is 5.91 Å². The molecule has 3 heterocycles. The smallest absolute Gasteiger partial charge is 0.321 e. The van der Waals surface area contributed by atoms with E-state index in [0.29, 0.717) is 37.4 Å². The molecule has 1 N–H and O–H groups in total. The molecule has 0 radical (unpaired) electrons. The summed E-state index contributed by atoms with van der Waals surface area (Å²) < 4.78 is 5.83. The molecule has 2 fully saturated rings. The van der Waals surface area contributed by atoms with E-state index in [0.717, 1.165) is 17.1 Å². The van der Waals surface area contributed by atoms with Gasteiger partial charge in [-0.25, -0.2) is 4.79 Å². The lowest BCUT2D eigenvalue weighted by Gasteiger charge is -2.58. The molecule has 0 aliphatic carbocycles. The van der Waals surface area contributed by atoms with E-state index in [2.05, 4.69) is 10.3 Å². The quantitative estimate of drug-likeness (QED) is 0.325. The highest BCUT2D eigenvalue weighted by molar-refractivity contribution is 6.06. The van der Waals surface area contributed by atoms with Gasteiger partial charge < -0.3 is 19.9 Å². The van der Waals surface area contributed by atoms with Crippen molar-refractivity contribution in [2.24, 2.45) is 5.41 Å². The predicted octanol–water partition coefficient (Wildman–Crippen LogP) is 6.28. The minimum atomic E-state index is -0.558. The maximum Gasteiger partial charge on any atom is 0.321 e. The van der Waals surface area contributed by atoms with E-state index in [-0.39, 0.29) is 18.0 Å². The van der Waals surface area contributed by atoms with Crippen molar-refractivity contribution in [1.29, 1.82) is 0 Å². The maximum absolute atomic E-state index is 13.6. The van der Waals surface area contributed by atoms with Crippen LogP contribution < -0.4 is 15.0 Å². The number of β-lactam (4-membered cyclic amide) rings is 1. The first-order valence-corrected chi connectivity index (χ1v) is 12.8. The van der Waals surface area contributed by atoms with Crippen LogP contribution in [0.5, 0.6) is 11.5 Å². The van der Waals surface area contributed by atoms with Gasteiger partial charge in [0.15, 0.2) is 0 Å². The number of nitrogens with one attached hydrogen (secondary N) is 1. The van der Waals surface area contributed by atoms with Gasteiger partial charge in [0, 0.05) is 30.7 Å². The maximum atomic E-state index is 13.6. The number of rotatable bonds is 5. The number of pyridine rings is 1. The van der Waals surface area contributed by atoms with Gasteiger partial charge in [-0.1, -0.05) is 42.5 Å². The average molecular weight is 505 g/mol. The average Bonchev–Trinajstić information content (AvgIpc) is 2.98. The first kappa shape index (κ1) is 23.7. The molecule has 4 aromatic rings. The van der Waals surface area contributed by atoms with Crippen molar-refractivity contribution in [2.75, 3.05) is 23.3 Å². The number of hydrogen-bond donors (Lipinski definition) is 1. The largest absolute Gasteiger partial charge is 0.457 e. The Balaban J connectivity index is 1.12. The van der Waals surface area contributed by atoms with Crippen molar-refractivity contribution >= 4 is 23.3 Å². The van der Waals surface area contributed by atoms with E-state index in [4.69, 9.17) is 4.74 Å². The molecule has 0 bridgehead atoms. The number of hydrogen-bond acceptors (Lipinski definition) is 4. The van der Waals surface area contributed by atoms with Gasteiger partial charge >= 0.3 is 6.03 Å². The van der Waals surface area contributed by atoms with Crippen molar-refractivity contribution in [3.8, 4) is 11.5 Å². The van der Waals surface area contributed by atoms with Crippen LogP contribution in [0.15, 0.2) is 109 Å². The standard InChI is InChI=1S/C31H28N4O3/c36-29-31(28(27-13-7-8-20-32-27)35(29)24-9-3-1-4-10-24)18-21-34(22-19-31)30(37)33-23-14-16-26(17-15-23)38-25-11-5-2-6-12-25/h1-17,20,28H,18-19,21-22H2,(H,33,37). The number of anilines is 2. The number of likely N-dealkylation sites (tertiary alicyclic amines) is 1. The molecule has 3 amide bonds. The summed E-state index contributed by atoms with van der Waals surface area (Å²) in [5.41, 5.74) is 1.89. The first-order valence-electron chi connectivity index (χ1n) is 12.8. The third-order valence-electron chi connectivity index (χ3n) is 7.46. The van der Waals surface area contributed by atoms with Crippen LogP contribution >= 0.6 is 0 Å². The molecular weight excluding hydrogens is 476 g/mol. The molecule has 1 atom stereocenters. The van der Waals surface area contributed by atoms with Gasteiger partial charge in [-0.3, -0.25) is 9.78 Å². The number of carbonyl (C=O) groups is 2. The van der Waals surface area contributed by atoms with E-state index >= 15 is 0 Å². The molecule has 3 aromatic carbocycles. The Kier molecular flexibility index (Phi) is 6.25. The molecule has 2 aliphatic heterocycles. The molecule has 1 aromatic heterocycles. The Morgan fingerprint density at radius 1 is 0.816 bits per heavy atom. The number of piperidine rings is 1. The van der Waals surface area contributed by atoms with Gasteiger partial charge in [-0.2, -0.15) is 0 Å². The number of nitrogens with zero attached hydrogens (tertiary/aromatic N) is 3. The van der Waals surface area contributed by atoms with E-state index in [9.17, 15) is 9.59 Å². The number of para-hydroxylation sites is 2. The predicted molar refractivity (Wildman–Crippen MR) is 146 cm³/mol. The SMILES string of the molecule is O=C(Nc1ccc(Oc2ccccc2)cc1)N1CCC2(CC1)C(=O)N(c1ccccc1)C2c1ccccn1. The molecule has 2 aliphatic rings. The highest BCUT2D eigenvalue weighted by Gasteiger charge is 2.62. The highest BCUT2D eigenvalue weighted by Crippen LogP contribution is 2.57. The Hall–Kier alpha value is -4.65. The van der Waals surface area contributed by atoms with Crippen LogP contribution in [0.4, 0.5) is 16.2 Å². The monoisotopic (exact) mass is 504 g/mol. The lowest BCUT2D eigenvalue weighted by atomic mass is 9.63. The van der Waals surface area contributed by atoms with Crippen LogP contribution in [0.25, 0.3) is 0 Å². The van der Waals surface area contributed by atoms with Crippen LogP contribution in [-0.4, -0.2) is 34.9 Å². The molecule has 1 unspecified atom stereocenters. The van der Waals surface area contributed by atoms with Gasteiger partial charge in [0.25, 0.3) is 0 Å². The van der Waals surface area contributed by atoms with Crippen LogP contribution in [0.3, 0.4) is 0 Å². The third kappa shape index (κ3) is 4.36. The van der Waals surface area contributed by atoms with Crippen LogP contribution in [0.1, 0.15) is 24.6 Å². The minimum Gasteiger partial charge on any atom is -0.457 e. The second kappa shape index (κ2) is 10.0. The fourth-order valence-corrected chi connectivity index (χ4v) is 5.49. The third-order valence-corrected chi connectivity index (χ3v) is 7.46. The Bertz CT molecular complexity index is 1400. The number of benzene rings is 3. The Morgan fingerprint density at radius 3 is 2.11 bits per heavy atom. The van der Waals surface area contributed by atoms with E-state index in [1.54, 1.807) is 11.1 Å². The van der Waals surface area contributed by atoms with E-state index in [1.807, 2.05) is 108 Å². The van der Waals surface area contributed by atoms with Crippen LogP contribution in [0, 0.1) is 5.41 Å². The van der Waals surface area contributed by atoms with Crippen molar-refractivity contribution in [3.05, 3.63) is 115 Å². The van der Waals surface area contributed by atoms with Crippen molar-refractivity contribution in [1.82, 2.24) is 9.88 Å². The summed E-state index contributed by atoms with van der Waals surface area (Å²) in [6, 6.07) is 32.1. The van der Waals surface area contributed by atoms with Crippen molar-refractivity contribution < 1.29 is 14.3 Å². The minimum absolute atomic E-state index is 0.105. The van der Waals surface area contributed by atoms with Gasteiger partial charge in [0.1, 0.15) is 11.5 Å². The molecule has 7 nitrogen and oxygen atoms in total. The van der Waals surface area contributed by atoms with Gasteiger partial charge in [-0.15, -0.1) is 0 Å². The number of urea groups is 1. The van der Waals surface area contributed by atoms with Gasteiger partial charge in [-0.05, 0) is 73.5 Å². The Morgan fingerprint density at radius 2 is 1.45 bits per heavy atom. The lowest BCUT2D eigenvalue weighted by Crippen LogP contribution is -2.67. The van der Waals surface area contributed by atoms with Crippen molar-refractivity contribution in [2.45, 2.75) is 18.9 Å². The fraction of sp³-hybridized carbons (Fsp3) is 0.194. The number of carbonyl (C=O) groups excluding carboxylic acids is 2. The summed E-state index contributed by atoms with van der Waals surface area (Å²) in [6.45, 7) is 0.997. The first-order chi connectivity index (χ1) is 18.6. The molecule has 38 heavy (non-hydrogen) atoms. The second-order valence-corrected chi connectivity index (χ2v) is 9.68. The molecule has 1 spiro atoms. The summed E-state index contributed by atoms with van der Waals surface area (Å²) in [4.78, 5) is 34.9. The highest BCUT2D eigenvalue weighted by atomic mass is 16.5. The molecule has 6 rings (SSSR count). The normalized spacial score (nSPS) is 18.1. The molecule has 190 valence electrons. The van der Waals surface area contributed by atoms with Crippen LogP contribution in [-0.2, 0) is 4.79 Å². The number of amides is 3. The topological polar surface area (TPSA) is 74.8 Å². The molecule has 7 heteroatoms. The zero-order valence-corrected chi connectivity index (χ0v) is 20.9. The summed E-state index contributed by atoms with van der Waals surface area (Å²) in [5, 5.41) is 2.98. The zero-order valence-electron chi connectivity index (χ0n) is 20.9. The van der Waals surface area contributed by atoms with E-state index in [1.165, 1.54) is 0 Å². The molecule has 2 saturated heterocycles. The second-order valence-electron chi connectivity index (χ2n) is 9.68.